The summed E-state index contributed by atoms with van der Waals surface area (Å²) >= 11 is 0. The zero-order valence-electron chi connectivity index (χ0n) is 11.2. The molecular weight excluding hydrogens is 258 g/mol. The van der Waals surface area contributed by atoms with Crippen molar-refractivity contribution < 1.29 is 14.8 Å². The number of aryl methyl sites for hydroxylation is 1. The van der Waals surface area contributed by atoms with E-state index >= 15 is 0 Å². The summed E-state index contributed by atoms with van der Waals surface area (Å²) in [5.41, 5.74) is 1.57. The normalized spacial score (nSPS) is 11.9. The van der Waals surface area contributed by atoms with Crippen molar-refractivity contribution in [3.8, 4) is 11.5 Å². The summed E-state index contributed by atoms with van der Waals surface area (Å²) in [6.07, 6.45) is -0.558. The molecule has 0 saturated heterocycles. The van der Waals surface area contributed by atoms with Crippen LogP contribution in [0.2, 0.25) is 0 Å². The zero-order chi connectivity index (χ0) is 14.7. The van der Waals surface area contributed by atoms with Crippen LogP contribution >= 0.6 is 0 Å². The highest BCUT2D eigenvalue weighted by atomic mass is 16.6. The number of benzene rings is 2. The summed E-state index contributed by atoms with van der Waals surface area (Å²) in [7, 11) is 0. The smallest absolute Gasteiger partial charge is 0.311 e. The van der Waals surface area contributed by atoms with Crippen LogP contribution in [-0.4, -0.2) is 10.0 Å². The van der Waals surface area contributed by atoms with Crippen LogP contribution in [0, 0.1) is 17.0 Å². The van der Waals surface area contributed by atoms with Crippen LogP contribution in [0.3, 0.4) is 0 Å². The first-order chi connectivity index (χ1) is 9.47. The fraction of sp³-hybridized carbons (Fsp3) is 0.200. The minimum absolute atomic E-state index is 0.0739. The number of ether oxygens (including phenoxy) is 1. The van der Waals surface area contributed by atoms with Crippen molar-refractivity contribution >= 4 is 5.69 Å². The average Bonchev–Trinajstić information content (AvgIpc) is 2.39. The van der Waals surface area contributed by atoms with Crippen molar-refractivity contribution in [1.29, 1.82) is 0 Å². The van der Waals surface area contributed by atoms with Crippen molar-refractivity contribution in [2.75, 3.05) is 0 Å². The van der Waals surface area contributed by atoms with Crippen molar-refractivity contribution in [2.45, 2.75) is 20.0 Å². The maximum absolute atomic E-state index is 11.0. The van der Waals surface area contributed by atoms with Gasteiger partial charge in [-0.05, 0) is 43.2 Å². The monoisotopic (exact) mass is 273 g/mol. The van der Waals surface area contributed by atoms with Crippen LogP contribution in [-0.2, 0) is 0 Å². The number of nitro groups is 1. The molecule has 0 aliphatic carbocycles. The number of nitrogens with zero attached hydrogens (tertiary/aromatic N) is 1. The third-order valence-electron chi connectivity index (χ3n) is 2.90. The second kappa shape index (κ2) is 5.71. The fourth-order valence-electron chi connectivity index (χ4n) is 1.80. The number of rotatable bonds is 4. The third kappa shape index (κ3) is 3.13. The molecule has 0 spiro atoms. The summed E-state index contributed by atoms with van der Waals surface area (Å²) in [6.45, 7) is 3.51. The van der Waals surface area contributed by atoms with E-state index in [1.807, 2.05) is 6.92 Å². The van der Waals surface area contributed by atoms with Crippen LogP contribution in [0.5, 0.6) is 11.5 Å². The fourth-order valence-corrected chi connectivity index (χ4v) is 1.80. The van der Waals surface area contributed by atoms with Gasteiger partial charge in [0, 0.05) is 6.07 Å². The van der Waals surface area contributed by atoms with Gasteiger partial charge in [-0.25, -0.2) is 0 Å². The van der Waals surface area contributed by atoms with Crippen LogP contribution < -0.4 is 4.74 Å². The van der Waals surface area contributed by atoms with E-state index < -0.39 is 11.0 Å². The van der Waals surface area contributed by atoms with Gasteiger partial charge >= 0.3 is 5.69 Å². The first-order valence-electron chi connectivity index (χ1n) is 6.18. The molecule has 5 nitrogen and oxygen atoms in total. The largest absolute Gasteiger partial charge is 0.450 e. The molecule has 0 aromatic heterocycles. The first-order valence-corrected chi connectivity index (χ1v) is 6.18. The van der Waals surface area contributed by atoms with Crippen LogP contribution in [0.25, 0.3) is 0 Å². The number of aliphatic hydroxyl groups excluding tert-OH is 1. The van der Waals surface area contributed by atoms with Gasteiger partial charge in [-0.1, -0.05) is 18.2 Å². The third-order valence-corrected chi connectivity index (χ3v) is 2.90. The topological polar surface area (TPSA) is 72.6 Å². The molecule has 1 unspecified atom stereocenters. The molecule has 1 N–H and O–H groups in total. The van der Waals surface area contributed by atoms with Gasteiger partial charge in [0.2, 0.25) is 5.75 Å². The number of hydrogen-bond donors (Lipinski definition) is 1. The number of hydrogen-bond acceptors (Lipinski definition) is 4. The van der Waals surface area contributed by atoms with Crippen molar-refractivity contribution in [1.82, 2.24) is 0 Å². The molecular formula is C15H15NO4. The minimum Gasteiger partial charge on any atom is -0.450 e. The highest BCUT2D eigenvalue weighted by molar-refractivity contribution is 5.50. The Morgan fingerprint density at radius 2 is 1.85 bits per heavy atom. The standard InChI is InChI=1S/C15H15NO4/c1-10-3-8-14(16(18)19)15(9-10)20-13-6-4-12(5-7-13)11(2)17/h3-9,11,17H,1-2H3. The first kappa shape index (κ1) is 14.0. The van der Waals surface area contributed by atoms with Crippen molar-refractivity contribution in [3.63, 3.8) is 0 Å². The summed E-state index contributed by atoms with van der Waals surface area (Å²) in [5, 5.41) is 20.4. The number of aliphatic hydroxyl groups is 1. The molecule has 0 fully saturated rings. The Kier molecular flexibility index (Phi) is 4.00. The van der Waals surface area contributed by atoms with E-state index in [4.69, 9.17) is 4.74 Å². The van der Waals surface area contributed by atoms with Gasteiger partial charge in [-0.15, -0.1) is 0 Å². The van der Waals surface area contributed by atoms with Gasteiger partial charge in [0.1, 0.15) is 5.75 Å². The lowest BCUT2D eigenvalue weighted by Crippen LogP contribution is -1.95. The van der Waals surface area contributed by atoms with Gasteiger partial charge in [0.05, 0.1) is 11.0 Å². The lowest BCUT2D eigenvalue weighted by molar-refractivity contribution is -0.385. The Morgan fingerprint density at radius 3 is 2.40 bits per heavy atom. The molecule has 0 aliphatic rings. The van der Waals surface area contributed by atoms with E-state index in [1.54, 1.807) is 43.3 Å². The van der Waals surface area contributed by atoms with E-state index in [-0.39, 0.29) is 11.4 Å². The van der Waals surface area contributed by atoms with Crippen LogP contribution in [0.1, 0.15) is 24.2 Å². The quantitative estimate of drug-likeness (QED) is 0.680. The van der Waals surface area contributed by atoms with Crippen LogP contribution in [0.4, 0.5) is 5.69 Å². The Labute approximate surface area is 116 Å². The van der Waals surface area contributed by atoms with Gasteiger partial charge in [0.25, 0.3) is 0 Å². The van der Waals surface area contributed by atoms with Crippen molar-refractivity contribution in [3.05, 3.63) is 63.7 Å². The van der Waals surface area contributed by atoms with E-state index in [2.05, 4.69) is 0 Å². The molecule has 2 rings (SSSR count). The van der Waals surface area contributed by atoms with Gasteiger partial charge < -0.3 is 9.84 Å². The highest BCUT2D eigenvalue weighted by Crippen LogP contribution is 2.32. The van der Waals surface area contributed by atoms with E-state index in [0.717, 1.165) is 11.1 Å². The Balaban J connectivity index is 2.29. The predicted molar refractivity (Wildman–Crippen MR) is 75.0 cm³/mol. The molecule has 0 aliphatic heterocycles. The Morgan fingerprint density at radius 1 is 1.20 bits per heavy atom. The molecule has 0 radical (unpaired) electrons. The summed E-state index contributed by atoms with van der Waals surface area (Å²) in [4.78, 5) is 10.5. The Bertz CT molecular complexity index is 620. The van der Waals surface area contributed by atoms with Gasteiger partial charge in [-0.2, -0.15) is 0 Å². The summed E-state index contributed by atoms with van der Waals surface area (Å²) in [5.74, 6) is 0.697. The van der Waals surface area contributed by atoms with E-state index in [0.29, 0.717) is 5.75 Å². The second-order valence-corrected chi connectivity index (χ2v) is 4.58. The second-order valence-electron chi connectivity index (χ2n) is 4.58. The predicted octanol–water partition coefficient (Wildman–Crippen LogP) is 3.75. The van der Waals surface area contributed by atoms with Crippen LogP contribution in [0.15, 0.2) is 42.5 Å². The maximum atomic E-state index is 11.0. The lowest BCUT2D eigenvalue weighted by Gasteiger charge is -2.09. The van der Waals surface area contributed by atoms with Gasteiger partial charge in [0.15, 0.2) is 0 Å². The molecule has 0 saturated carbocycles. The molecule has 5 heteroatoms. The molecule has 0 heterocycles. The van der Waals surface area contributed by atoms with E-state index in [9.17, 15) is 15.2 Å². The molecule has 104 valence electrons. The maximum Gasteiger partial charge on any atom is 0.311 e. The molecule has 2 aromatic rings. The summed E-state index contributed by atoms with van der Waals surface area (Å²) < 4.78 is 5.56. The lowest BCUT2D eigenvalue weighted by atomic mass is 10.1. The van der Waals surface area contributed by atoms with Gasteiger partial charge in [-0.3, -0.25) is 10.1 Å². The summed E-state index contributed by atoms with van der Waals surface area (Å²) in [6, 6.07) is 11.5. The molecule has 1 atom stereocenters. The van der Waals surface area contributed by atoms with Crippen molar-refractivity contribution in [2.24, 2.45) is 0 Å². The Hall–Kier alpha value is -2.40. The zero-order valence-corrected chi connectivity index (χ0v) is 11.2. The molecule has 0 amide bonds. The molecule has 2 aromatic carbocycles. The average molecular weight is 273 g/mol. The number of nitro benzene ring substituents is 1. The highest BCUT2D eigenvalue weighted by Gasteiger charge is 2.15. The minimum atomic E-state index is -0.558. The van der Waals surface area contributed by atoms with E-state index in [1.165, 1.54) is 6.07 Å². The molecule has 0 bridgehead atoms. The SMILES string of the molecule is Cc1ccc([N+](=O)[O-])c(Oc2ccc(C(C)O)cc2)c1. The molecule has 20 heavy (non-hydrogen) atoms.